The molecule has 0 aromatic heterocycles. The van der Waals surface area contributed by atoms with Crippen LogP contribution >= 0.6 is 43.5 Å². The molecule has 5 heteroatoms. The fraction of sp³-hybridized carbons (Fsp3) is 0.0769. The van der Waals surface area contributed by atoms with Crippen molar-refractivity contribution in [1.29, 1.82) is 0 Å². The number of halogens is 3. The summed E-state index contributed by atoms with van der Waals surface area (Å²) in [6.07, 6.45) is 0. The molecular formula is C13H11Br2ClN2. The number of benzene rings is 2. The number of hydrogen-bond acceptors (Lipinski definition) is 2. The average molecular weight is 391 g/mol. The molecule has 3 N–H and O–H groups in total. The van der Waals surface area contributed by atoms with Crippen LogP contribution in [0, 0.1) is 0 Å². The van der Waals surface area contributed by atoms with E-state index in [-0.39, 0.29) is 6.04 Å². The van der Waals surface area contributed by atoms with Gasteiger partial charge in [0.15, 0.2) is 0 Å². The Labute approximate surface area is 128 Å². The Bertz CT molecular complexity index is 560. The van der Waals surface area contributed by atoms with Crippen molar-refractivity contribution in [1.82, 2.24) is 5.43 Å². The molecule has 0 heterocycles. The highest BCUT2D eigenvalue weighted by molar-refractivity contribution is 9.11. The van der Waals surface area contributed by atoms with E-state index in [0.29, 0.717) is 5.02 Å². The van der Waals surface area contributed by atoms with E-state index in [1.165, 1.54) is 0 Å². The summed E-state index contributed by atoms with van der Waals surface area (Å²) in [5, 5.41) is 0.687. The summed E-state index contributed by atoms with van der Waals surface area (Å²) < 4.78 is 1.97. The van der Waals surface area contributed by atoms with Gasteiger partial charge in [-0.05, 0) is 35.4 Å². The molecule has 2 rings (SSSR count). The minimum absolute atomic E-state index is 0.162. The lowest BCUT2D eigenvalue weighted by atomic mass is 9.99. The normalized spacial score (nSPS) is 12.4. The first-order valence-electron chi connectivity index (χ1n) is 5.29. The van der Waals surface area contributed by atoms with Gasteiger partial charge >= 0.3 is 0 Å². The van der Waals surface area contributed by atoms with Crippen LogP contribution in [0.3, 0.4) is 0 Å². The molecule has 2 aromatic carbocycles. The van der Waals surface area contributed by atoms with Crippen LogP contribution in [0.4, 0.5) is 0 Å². The third-order valence-electron chi connectivity index (χ3n) is 2.65. The standard InChI is InChI=1S/C13H11Br2ClN2/c14-8-5-6-11(15)10(7-8)13(18-17)9-3-1-2-4-12(9)16/h1-7,13,18H,17H2. The summed E-state index contributed by atoms with van der Waals surface area (Å²) in [6, 6.07) is 13.4. The summed E-state index contributed by atoms with van der Waals surface area (Å²) in [6.45, 7) is 0. The van der Waals surface area contributed by atoms with Gasteiger partial charge in [0.2, 0.25) is 0 Å². The monoisotopic (exact) mass is 388 g/mol. The van der Waals surface area contributed by atoms with E-state index in [1.807, 2.05) is 42.5 Å². The van der Waals surface area contributed by atoms with E-state index in [2.05, 4.69) is 37.3 Å². The molecule has 0 saturated heterocycles. The van der Waals surface area contributed by atoms with E-state index in [9.17, 15) is 0 Å². The molecule has 0 aliphatic heterocycles. The summed E-state index contributed by atoms with van der Waals surface area (Å²) >= 11 is 13.2. The quantitative estimate of drug-likeness (QED) is 0.602. The van der Waals surface area contributed by atoms with Gasteiger partial charge in [0, 0.05) is 14.0 Å². The molecule has 0 spiro atoms. The van der Waals surface area contributed by atoms with E-state index < -0.39 is 0 Å². The maximum Gasteiger partial charge on any atom is 0.0735 e. The van der Waals surface area contributed by atoms with Gasteiger partial charge in [0.1, 0.15) is 0 Å². The molecule has 2 nitrogen and oxygen atoms in total. The Balaban J connectivity index is 2.52. The molecule has 0 fully saturated rings. The molecular weight excluding hydrogens is 379 g/mol. The highest BCUT2D eigenvalue weighted by Crippen LogP contribution is 2.33. The van der Waals surface area contributed by atoms with Crippen molar-refractivity contribution in [2.24, 2.45) is 5.84 Å². The van der Waals surface area contributed by atoms with Crippen molar-refractivity contribution in [3.05, 3.63) is 67.6 Å². The fourth-order valence-electron chi connectivity index (χ4n) is 1.79. The second-order valence-electron chi connectivity index (χ2n) is 3.79. The number of hydrazine groups is 1. The van der Waals surface area contributed by atoms with Gasteiger partial charge in [-0.2, -0.15) is 0 Å². The van der Waals surface area contributed by atoms with Crippen molar-refractivity contribution in [2.45, 2.75) is 6.04 Å². The van der Waals surface area contributed by atoms with Gasteiger partial charge < -0.3 is 0 Å². The Kier molecular flexibility index (Phi) is 4.81. The third kappa shape index (κ3) is 2.95. The number of hydrogen-bond donors (Lipinski definition) is 2. The first-order chi connectivity index (χ1) is 8.63. The predicted octanol–water partition coefficient (Wildman–Crippen LogP) is 4.42. The predicted molar refractivity (Wildman–Crippen MR) is 82.5 cm³/mol. The molecule has 0 bridgehead atoms. The Morgan fingerprint density at radius 3 is 2.44 bits per heavy atom. The third-order valence-corrected chi connectivity index (χ3v) is 4.21. The van der Waals surface area contributed by atoms with Crippen molar-refractivity contribution in [2.75, 3.05) is 0 Å². The zero-order valence-electron chi connectivity index (χ0n) is 9.33. The van der Waals surface area contributed by atoms with Crippen LogP contribution in [-0.2, 0) is 0 Å². The fourth-order valence-corrected chi connectivity index (χ4v) is 2.89. The lowest BCUT2D eigenvalue weighted by Gasteiger charge is -2.19. The molecule has 18 heavy (non-hydrogen) atoms. The van der Waals surface area contributed by atoms with Crippen molar-refractivity contribution < 1.29 is 0 Å². The highest BCUT2D eigenvalue weighted by Gasteiger charge is 2.17. The van der Waals surface area contributed by atoms with Gasteiger partial charge in [-0.1, -0.05) is 61.7 Å². The second kappa shape index (κ2) is 6.17. The topological polar surface area (TPSA) is 38.0 Å². The van der Waals surface area contributed by atoms with E-state index in [4.69, 9.17) is 17.4 Å². The first-order valence-corrected chi connectivity index (χ1v) is 7.25. The van der Waals surface area contributed by atoms with Crippen molar-refractivity contribution in [3.8, 4) is 0 Å². The van der Waals surface area contributed by atoms with Crippen LogP contribution in [0.15, 0.2) is 51.4 Å². The maximum absolute atomic E-state index is 6.22. The number of nitrogens with one attached hydrogen (secondary N) is 1. The maximum atomic E-state index is 6.22. The van der Waals surface area contributed by atoms with Crippen LogP contribution < -0.4 is 11.3 Å². The van der Waals surface area contributed by atoms with E-state index in [0.717, 1.165) is 20.1 Å². The van der Waals surface area contributed by atoms with Crippen molar-refractivity contribution >= 4 is 43.5 Å². The zero-order valence-corrected chi connectivity index (χ0v) is 13.3. The van der Waals surface area contributed by atoms with Gasteiger partial charge in [-0.25, -0.2) is 5.43 Å². The van der Waals surface area contributed by atoms with E-state index >= 15 is 0 Å². The molecule has 0 radical (unpaired) electrons. The van der Waals surface area contributed by atoms with Crippen LogP contribution in [0.2, 0.25) is 5.02 Å². The first kappa shape index (κ1) is 14.0. The molecule has 1 atom stereocenters. The summed E-state index contributed by atoms with van der Waals surface area (Å²) in [5.74, 6) is 5.68. The Morgan fingerprint density at radius 1 is 1.06 bits per heavy atom. The summed E-state index contributed by atoms with van der Waals surface area (Å²) in [7, 11) is 0. The molecule has 2 aromatic rings. The SMILES string of the molecule is NNC(c1ccccc1Cl)c1cc(Br)ccc1Br. The minimum atomic E-state index is -0.162. The molecule has 0 aliphatic rings. The van der Waals surface area contributed by atoms with Crippen LogP contribution in [0.1, 0.15) is 17.2 Å². The average Bonchev–Trinajstić information content (AvgIpc) is 2.36. The van der Waals surface area contributed by atoms with E-state index in [1.54, 1.807) is 0 Å². The second-order valence-corrected chi connectivity index (χ2v) is 5.96. The van der Waals surface area contributed by atoms with Gasteiger partial charge in [-0.3, -0.25) is 5.84 Å². The lowest BCUT2D eigenvalue weighted by molar-refractivity contribution is 0.634. The Morgan fingerprint density at radius 2 is 1.78 bits per heavy atom. The van der Waals surface area contributed by atoms with Crippen molar-refractivity contribution in [3.63, 3.8) is 0 Å². The van der Waals surface area contributed by atoms with Crippen LogP contribution in [0.5, 0.6) is 0 Å². The molecule has 0 amide bonds. The number of nitrogens with two attached hydrogens (primary N) is 1. The smallest absolute Gasteiger partial charge is 0.0735 e. The molecule has 1 unspecified atom stereocenters. The highest BCUT2D eigenvalue weighted by atomic mass is 79.9. The molecule has 0 saturated carbocycles. The van der Waals surface area contributed by atoms with Gasteiger partial charge in [-0.15, -0.1) is 0 Å². The summed E-state index contributed by atoms with van der Waals surface area (Å²) in [4.78, 5) is 0. The van der Waals surface area contributed by atoms with Gasteiger partial charge in [0.25, 0.3) is 0 Å². The molecule has 94 valence electrons. The van der Waals surface area contributed by atoms with Crippen LogP contribution in [0.25, 0.3) is 0 Å². The van der Waals surface area contributed by atoms with Crippen LogP contribution in [-0.4, -0.2) is 0 Å². The number of rotatable bonds is 3. The van der Waals surface area contributed by atoms with Gasteiger partial charge in [0.05, 0.1) is 6.04 Å². The largest absolute Gasteiger partial charge is 0.271 e. The Hall–Kier alpha value is -0.390. The lowest BCUT2D eigenvalue weighted by Crippen LogP contribution is -2.29. The minimum Gasteiger partial charge on any atom is -0.271 e. The summed E-state index contributed by atoms with van der Waals surface area (Å²) in [5.41, 5.74) is 4.78. The zero-order chi connectivity index (χ0) is 13.1. The molecule has 0 aliphatic carbocycles.